The van der Waals surface area contributed by atoms with Gasteiger partial charge in [-0.15, -0.1) is 0 Å². The van der Waals surface area contributed by atoms with Crippen LogP contribution >= 0.6 is 0 Å². The van der Waals surface area contributed by atoms with E-state index < -0.39 is 11.6 Å². The van der Waals surface area contributed by atoms with E-state index in [-0.39, 0.29) is 16.8 Å². The summed E-state index contributed by atoms with van der Waals surface area (Å²) in [7, 11) is 0. The number of nitrogens with zero attached hydrogens (tertiary/aromatic N) is 1. The summed E-state index contributed by atoms with van der Waals surface area (Å²) in [4.78, 5) is 17.6. The van der Waals surface area contributed by atoms with E-state index in [1.54, 1.807) is 6.92 Å². The lowest BCUT2D eigenvalue weighted by molar-refractivity contribution is 0.585. The molecule has 0 atom stereocenters. The zero-order valence-corrected chi connectivity index (χ0v) is 8.42. The number of hydrogen-bond acceptors (Lipinski definition) is 2. The average Bonchev–Trinajstić information content (AvgIpc) is 2.15. The van der Waals surface area contributed by atoms with E-state index in [0.29, 0.717) is 5.82 Å². The molecule has 0 fully saturated rings. The average molecular weight is 222 g/mol. The first-order chi connectivity index (χ1) is 7.56. The Balaban J connectivity index is 2.63. The van der Waals surface area contributed by atoms with Crippen molar-refractivity contribution in [1.29, 1.82) is 0 Å². The molecule has 16 heavy (non-hydrogen) atoms. The smallest absolute Gasteiger partial charge is 0.251 e. The van der Waals surface area contributed by atoms with Crippen molar-refractivity contribution in [3.63, 3.8) is 0 Å². The van der Waals surface area contributed by atoms with Gasteiger partial charge >= 0.3 is 0 Å². The first-order valence-corrected chi connectivity index (χ1v) is 4.59. The molecule has 0 radical (unpaired) electrons. The summed E-state index contributed by atoms with van der Waals surface area (Å²) in [5, 5.41) is 0. The molecule has 1 heterocycles. The van der Waals surface area contributed by atoms with Gasteiger partial charge in [-0.25, -0.2) is 13.8 Å². The minimum atomic E-state index is -0.738. The van der Waals surface area contributed by atoms with Gasteiger partial charge < -0.3 is 4.98 Å². The van der Waals surface area contributed by atoms with Crippen LogP contribution in [0.25, 0.3) is 11.3 Å². The lowest BCUT2D eigenvalue weighted by Gasteiger charge is -2.03. The third kappa shape index (κ3) is 1.98. The van der Waals surface area contributed by atoms with Crippen LogP contribution in [-0.2, 0) is 0 Å². The van der Waals surface area contributed by atoms with Gasteiger partial charge in [-0.05, 0) is 19.1 Å². The molecule has 0 aliphatic carbocycles. The van der Waals surface area contributed by atoms with Crippen LogP contribution in [0.1, 0.15) is 5.82 Å². The summed E-state index contributed by atoms with van der Waals surface area (Å²) in [5.74, 6) is -1.02. The molecule has 0 aliphatic heterocycles. The normalized spacial score (nSPS) is 10.4. The Morgan fingerprint density at radius 3 is 2.62 bits per heavy atom. The van der Waals surface area contributed by atoms with Gasteiger partial charge in [0.15, 0.2) is 0 Å². The van der Waals surface area contributed by atoms with E-state index in [9.17, 15) is 13.6 Å². The molecule has 3 nitrogen and oxygen atoms in total. The van der Waals surface area contributed by atoms with Crippen molar-refractivity contribution < 1.29 is 8.78 Å². The van der Waals surface area contributed by atoms with Crippen LogP contribution in [0, 0.1) is 18.6 Å². The highest BCUT2D eigenvalue weighted by Gasteiger charge is 2.08. The maximum absolute atomic E-state index is 13.4. The van der Waals surface area contributed by atoms with Gasteiger partial charge in [0.1, 0.15) is 17.5 Å². The van der Waals surface area contributed by atoms with Gasteiger partial charge in [0.25, 0.3) is 5.56 Å². The van der Waals surface area contributed by atoms with E-state index in [0.717, 1.165) is 12.1 Å². The van der Waals surface area contributed by atoms with Crippen LogP contribution in [0.3, 0.4) is 0 Å². The molecule has 0 aliphatic rings. The topological polar surface area (TPSA) is 45.8 Å². The highest BCUT2D eigenvalue weighted by atomic mass is 19.1. The number of aromatic nitrogens is 2. The number of halogens is 2. The minimum Gasteiger partial charge on any atom is -0.311 e. The Morgan fingerprint density at radius 2 is 2.00 bits per heavy atom. The van der Waals surface area contributed by atoms with Crippen LogP contribution < -0.4 is 5.56 Å². The van der Waals surface area contributed by atoms with Crippen molar-refractivity contribution in [2.24, 2.45) is 0 Å². The van der Waals surface area contributed by atoms with Crippen molar-refractivity contribution in [3.8, 4) is 11.3 Å². The summed E-state index contributed by atoms with van der Waals surface area (Å²) in [6.45, 7) is 1.59. The zero-order valence-electron chi connectivity index (χ0n) is 8.42. The number of aryl methyl sites for hydroxylation is 1. The largest absolute Gasteiger partial charge is 0.311 e. The lowest BCUT2D eigenvalue weighted by atomic mass is 10.1. The van der Waals surface area contributed by atoms with Crippen LogP contribution in [0.4, 0.5) is 8.78 Å². The number of rotatable bonds is 1. The quantitative estimate of drug-likeness (QED) is 0.802. The third-order valence-corrected chi connectivity index (χ3v) is 2.07. The Labute approximate surface area is 89.8 Å². The molecule has 1 aromatic heterocycles. The van der Waals surface area contributed by atoms with Gasteiger partial charge in [0.05, 0.1) is 5.69 Å². The summed E-state index contributed by atoms with van der Waals surface area (Å²) in [5.41, 5.74) is -0.0689. The van der Waals surface area contributed by atoms with E-state index in [4.69, 9.17) is 0 Å². The molecule has 0 unspecified atom stereocenters. The molecule has 1 N–H and O–H groups in total. The zero-order chi connectivity index (χ0) is 11.7. The van der Waals surface area contributed by atoms with Crippen LogP contribution in [0.15, 0.2) is 29.1 Å². The number of benzene rings is 1. The molecule has 5 heteroatoms. The molecular weight excluding hydrogens is 214 g/mol. The van der Waals surface area contributed by atoms with Crippen molar-refractivity contribution in [1.82, 2.24) is 9.97 Å². The van der Waals surface area contributed by atoms with Crippen LogP contribution in [0.2, 0.25) is 0 Å². The second-order valence-electron chi connectivity index (χ2n) is 3.34. The highest BCUT2D eigenvalue weighted by Crippen LogP contribution is 2.20. The fourth-order valence-corrected chi connectivity index (χ4v) is 1.41. The summed E-state index contributed by atoms with van der Waals surface area (Å²) in [6, 6.07) is 4.30. The lowest BCUT2D eigenvalue weighted by Crippen LogP contribution is -2.08. The van der Waals surface area contributed by atoms with E-state index in [1.807, 2.05) is 0 Å². The third-order valence-electron chi connectivity index (χ3n) is 2.07. The molecule has 0 spiro atoms. The van der Waals surface area contributed by atoms with Gasteiger partial charge in [-0.3, -0.25) is 4.79 Å². The summed E-state index contributed by atoms with van der Waals surface area (Å²) in [6.07, 6.45) is 0. The Bertz CT molecular complexity index is 593. The van der Waals surface area contributed by atoms with Crippen LogP contribution in [-0.4, -0.2) is 9.97 Å². The van der Waals surface area contributed by atoms with Gasteiger partial charge in [0.2, 0.25) is 0 Å². The molecule has 2 aromatic rings. The van der Waals surface area contributed by atoms with Crippen LogP contribution in [0.5, 0.6) is 0 Å². The van der Waals surface area contributed by atoms with E-state index in [1.165, 1.54) is 12.1 Å². The van der Waals surface area contributed by atoms with Crippen molar-refractivity contribution in [2.45, 2.75) is 6.92 Å². The fraction of sp³-hybridized carbons (Fsp3) is 0.0909. The minimum absolute atomic E-state index is 0.107. The number of nitrogens with one attached hydrogen (secondary N) is 1. The number of hydrogen-bond donors (Lipinski definition) is 1. The Hall–Kier alpha value is -2.04. The second-order valence-corrected chi connectivity index (χ2v) is 3.34. The van der Waals surface area contributed by atoms with E-state index >= 15 is 0 Å². The van der Waals surface area contributed by atoms with Gasteiger partial charge in [-0.2, -0.15) is 0 Å². The van der Waals surface area contributed by atoms with Crippen molar-refractivity contribution in [2.75, 3.05) is 0 Å². The summed E-state index contributed by atoms with van der Waals surface area (Å²) >= 11 is 0. The van der Waals surface area contributed by atoms with E-state index in [2.05, 4.69) is 9.97 Å². The molecule has 0 saturated carbocycles. The molecular formula is C11H8F2N2O. The Kier molecular flexibility index (Phi) is 2.52. The first kappa shape index (κ1) is 10.5. The fourth-order valence-electron chi connectivity index (χ4n) is 1.41. The molecule has 0 amide bonds. The predicted molar refractivity (Wildman–Crippen MR) is 54.9 cm³/mol. The highest BCUT2D eigenvalue weighted by molar-refractivity contribution is 5.59. The monoisotopic (exact) mass is 222 g/mol. The maximum Gasteiger partial charge on any atom is 0.251 e. The second kappa shape index (κ2) is 3.84. The molecule has 2 rings (SSSR count). The van der Waals surface area contributed by atoms with Gasteiger partial charge in [0, 0.05) is 17.7 Å². The number of H-pyrrole nitrogens is 1. The van der Waals surface area contributed by atoms with Gasteiger partial charge in [-0.1, -0.05) is 0 Å². The standard InChI is InChI=1S/C11H8F2N2O/c1-6-14-10(5-11(16)15-6)8-3-2-7(12)4-9(8)13/h2-5H,1H3,(H,14,15,16). The first-order valence-electron chi connectivity index (χ1n) is 4.59. The predicted octanol–water partition coefficient (Wildman–Crippen LogP) is 2.02. The Morgan fingerprint density at radius 1 is 1.25 bits per heavy atom. The maximum atomic E-state index is 13.4. The molecule has 0 bridgehead atoms. The summed E-state index contributed by atoms with van der Waals surface area (Å²) < 4.78 is 26.1. The SMILES string of the molecule is Cc1nc(-c2ccc(F)cc2F)cc(=O)[nH]1. The van der Waals surface area contributed by atoms with Crippen molar-refractivity contribution in [3.05, 3.63) is 52.1 Å². The molecule has 0 saturated heterocycles. The number of aromatic amines is 1. The molecule has 1 aromatic carbocycles. The molecule has 82 valence electrons. The van der Waals surface area contributed by atoms with Crippen molar-refractivity contribution >= 4 is 0 Å².